The molecule has 1 aliphatic rings. The number of pyridine rings is 2. The van der Waals surface area contributed by atoms with Gasteiger partial charge in [0.1, 0.15) is 11.6 Å². The minimum absolute atomic E-state index is 0.00202. The van der Waals surface area contributed by atoms with Gasteiger partial charge < -0.3 is 15.1 Å². The van der Waals surface area contributed by atoms with Crippen molar-refractivity contribution in [2.75, 3.05) is 22.7 Å². The van der Waals surface area contributed by atoms with Crippen molar-refractivity contribution >= 4 is 35.4 Å². The van der Waals surface area contributed by atoms with E-state index in [1.54, 1.807) is 42.4 Å². The van der Waals surface area contributed by atoms with Crippen LogP contribution in [-0.2, 0) is 6.54 Å². The second kappa shape index (κ2) is 11.5. The average molecular weight is 473 g/mol. The highest BCUT2D eigenvalue weighted by Crippen LogP contribution is 2.27. The zero-order valence-electron chi connectivity index (χ0n) is 18.5. The fourth-order valence-corrected chi connectivity index (χ4v) is 4.29. The molecule has 3 rings (SSSR count). The van der Waals surface area contributed by atoms with E-state index in [9.17, 15) is 19.8 Å². The van der Waals surface area contributed by atoms with E-state index in [0.717, 1.165) is 5.69 Å². The predicted octanol–water partition coefficient (Wildman–Crippen LogP) is 3.49. The number of hydrogen-bond acceptors (Lipinski definition) is 7. The molecular weight excluding hydrogens is 444 g/mol. The molecule has 176 valence electrons. The van der Waals surface area contributed by atoms with Crippen LogP contribution in [0, 0.1) is 5.92 Å². The minimum atomic E-state index is -1.13. The lowest BCUT2D eigenvalue weighted by Crippen LogP contribution is -2.42. The van der Waals surface area contributed by atoms with Gasteiger partial charge in [-0.05, 0) is 36.6 Å². The van der Waals surface area contributed by atoms with Crippen molar-refractivity contribution in [1.29, 1.82) is 0 Å². The summed E-state index contributed by atoms with van der Waals surface area (Å²) in [5.41, 5.74) is 1.38. The Morgan fingerprint density at radius 2 is 1.97 bits per heavy atom. The summed E-state index contributed by atoms with van der Waals surface area (Å²) in [4.78, 5) is 35.9. The Morgan fingerprint density at radius 3 is 2.64 bits per heavy atom. The number of aliphatic hydroxyl groups is 1. The van der Waals surface area contributed by atoms with Crippen molar-refractivity contribution in [2.45, 2.75) is 32.9 Å². The number of carboxylic acid groups (broad SMARTS) is 1. The number of aliphatic hydroxyl groups excluding tert-OH is 1. The number of carbonyl (C=O) groups excluding carboxylic acids is 1. The first-order valence-corrected chi connectivity index (χ1v) is 11.6. The number of rotatable bonds is 9. The molecule has 1 atom stereocenters. The van der Waals surface area contributed by atoms with E-state index in [0.29, 0.717) is 29.6 Å². The third-order valence-corrected chi connectivity index (χ3v) is 5.72. The first-order valence-electron chi connectivity index (χ1n) is 10.5. The summed E-state index contributed by atoms with van der Waals surface area (Å²) < 4.78 is 0. The summed E-state index contributed by atoms with van der Waals surface area (Å²) >= 11 is 1.56. The molecule has 0 fully saturated rings. The molecule has 4 N–H and O–H groups in total. The number of amides is 3. The van der Waals surface area contributed by atoms with Crippen molar-refractivity contribution in [2.24, 2.45) is 5.92 Å². The maximum absolute atomic E-state index is 12.6. The highest BCUT2D eigenvalue weighted by atomic mass is 32.2. The number of nitrogens with zero attached hydrogens (tertiary/aromatic N) is 4. The lowest BCUT2D eigenvalue weighted by atomic mass is 10.0. The van der Waals surface area contributed by atoms with E-state index in [1.165, 1.54) is 4.90 Å². The van der Waals surface area contributed by atoms with Crippen LogP contribution in [-0.4, -0.2) is 55.7 Å². The molecule has 33 heavy (non-hydrogen) atoms. The Hall–Kier alpha value is -3.31. The molecule has 1 aliphatic heterocycles. The lowest BCUT2D eigenvalue weighted by molar-refractivity contribution is 0.0837. The summed E-state index contributed by atoms with van der Waals surface area (Å²) in [7, 11) is 0. The van der Waals surface area contributed by atoms with Crippen molar-refractivity contribution in [3.05, 3.63) is 59.6 Å². The zero-order valence-corrected chi connectivity index (χ0v) is 19.3. The van der Waals surface area contributed by atoms with Crippen LogP contribution in [0.5, 0.6) is 0 Å². The third-order valence-electron chi connectivity index (χ3n) is 4.93. The minimum Gasteiger partial charge on any atom is -0.465 e. The average Bonchev–Trinajstić information content (AvgIpc) is 3.24. The van der Waals surface area contributed by atoms with Gasteiger partial charge in [-0.15, -0.1) is 11.8 Å². The zero-order chi connectivity index (χ0) is 23.8. The maximum atomic E-state index is 12.6. The van der Waals surface area contributed by atoms with E-state index in [4.69, 9.17) is 0 Å². The van der Waals surface area contributed by atoms with E-state index >= 15 is 0 Å². The van der Waals surface area contributed by atoms with Gasteiger partial charge >= 0.3 is 12.1 Å². The van der Waals surface area contributed by atoms with Crippen molar-refractivity contribution in [1.82, 2.24) is 20.2 Å². The van der Waals surface area contributed by atoms with E-state index in [1.807, 2.05) is 36.3 Å². The van der Waals surface area contributed by atoms with E-state index in [2.05, 4.69) is 20.6 Å². The van der Waals surface area contributed by atoms with Crippen LogP contribution in [0.2, 0.25) is 0 Å². The second-order valence-electron chi connectivity index (χ2n) is 7.90. The van der Waals surface area contributed by atoms with Crippen LogP contribution in [0.3, 0.4) is 0 Å². The summed E-state index contributed by atoms with van der Waals surface area (Å²) in [6, 6.07) is 7.73. The molecule has 0 saturated heterocycles. The van der Waals surface area contributed by atoms with Crippen LogP contribution in [0.15, 0.2) is 54.0 Å². The molecule has 3 amide bonds. The number of aromatic nitrogens is 2. The number of carbonyl (C=O) groups is 2. The number of urea groups is 1. The number of hydrogen-bond donors (Lipinski definition) is 4. The lowest BCUT2D eigenvalue weighted by Gasteiger charge is -2.29. The topological polar surface area (TPSA) is 131 Å². The smallest absolute Gasteiger partial charge is 0.407 e. The summed E-state index contributed by atoms with van der Waals surface area (Å²) in [6.45, 7) is 3.67. The van der Waals surface area contributed by atoms with Gasteiger partial charge in [-0.1, -0.05) is 19.9 Å². The molecule has 0 aliphatic carbocycles. The third kappa shape index (κ3) is 6.83. The van der Waals surface area contributed by atoms with Crippen LogP contribution < -0.4 is 15.5 Å². The highest BCUT2D eigenvalue weighted by molar-refractivity contribution is 8.02. The molecule has 0 bridgehead atoms. The standard InChI is InChI=1S/C22H28N6O4S/c1-15(2)10-18(12-29)27(22(31)32)11-16-4-3-5-19(24-16)25-21(30)26-20-13-33-14-28(20)17-6-8-23-9-7-17/h3-9,13,15,18,29H,10-12,14H2,1-2H3,(H,31,32)(H2,24,25,26,30). The molecule has 2 aromatic rings. The summed E-state index contributed by atoms with van der Waals surface area (Å²) in [5.74, 6) is 1.82. The normalized spacial score (nSPS) is 14.1. The van der Waals surface area contributed by atoms with Gasteiger partial charge in [-0.25, -0.2) is 14.6 Å². The van der Waals surface area contributed by atoms with Gasteiger partial charge in [0.05, 0.1) is 30.8 Å². The van der Waals surface area contributed by atoms with E-state index < -0.39 is 18.2 Å². The van der Waals surface area contributed by atoms with Crippen molar-refractivity contribution < 1.29 is 19.8 Å². The van der Waals surface area contributed by atoms with E-state index in [-0.39, 0.29) is 19.1 Å². The highest BCUT2D eigenvalue weighted by Gasteiger charge is 2.24. The van der Waals surface area contributed by atoms with Gasteiger partial charge in [0.25, 0.3) is 0 Å². The fraction of sp³-hybridized carbons (Fsp3) is 0.364. The Labute approximate surface area is 196 Å². The van der Waals surface area contributed by atoms with Crippen LogP contribution in [0.25, 0.3) is 0 Å². The Balaban J connectivity index is 1.64. The quantitative estimate of drug-likeness (QED) is 0.436. The number of nitrogens with one attached hydrogen (secondary N) is 2. The molecule has 0 saturated carbocycles. The van der Waals surface area contributed by atoms with Crippen LogP contribution in [0.4, 0.5) is 21.1 Å². The molecule has 0 spiro atoms. The van der Waals surface area contributed by atoms with Gasteiger partial charge in [0.15, 0.2) is 0 Å². The van der Waals surface area contributed by atoms with Gasteiger partial charge in [0, 0.05) is 23.5 Å². The van der Waals surface area contributed by atoms with Crippen molar-refractivity contribution in [3.63, 3.8) is 0 Å². The fourth-order valence-electron chi connectivity index (χ4n) is 3.43. The Morgan fingerprint density at radius 1 is 1.21 bits per heavy atom. The summed E-state index contributed by atoms with van der Waals surface area (Å²) in [6.07, 6.45) is 2.78. The van der Waals surface area contributed by atoms with Crippen LogP contribution in [0.1, 0.15) is 26.0 Å². The Kier molecular flexibility index (Phi) is 8.50. The van der Waals surface area contributed by atoms with Gasteiger partial charge in [-0.3, -0.25) is 20.5 Å². The molecule has 0 radical (unpaired) electrons. The number of anilines is 2. The SMILES string of the molecule is CC(C)CC(CO)N(Cc1cccc(NC(=O)NC2=CSCN2c2ccncc2)n1)C(=O)O. The predicted molar refractivity (Wildman–Crippen MR) is 128 cm³/mol. The monoisotopic (exact) mass is 472 g/mol. The molecule has 11 heteroatoms. The molecular formula is C22H28N6O4S. The second-order valence-corrected chi connectivity index (χ2v) is 8.73. The molecule has 3 heterocycles. The first-order chi connectivity index (χ1) is 15.9. The molecule has 1 unspecified atom stereocenters. The van der Waals surface area contributed by atoms with Crippen LogP contribution >= 0.6 is 11.8 Å². The maximum Gasteiger partial charge on any atom is 0.407 e. The van der Waals surface area contributed by atoms with Crippen molar-refractivity contribution in [3.8, 4) is 0 Å². The largest absolute Gasteiger partial charge is 0.465 e. The summed E-state index contributed by atoms with van der Waals surface area (Å²) in [5, 5.41) is 26.7. The molecule has 0 aromatic carbocycles. The molecule has 2 aromatic heterocycles. The molecule has 10 nitrogen and oxygen atoms in total. The first kappa shape index (κ1) is 24.3. The Bertz CT molecular complexity index is 988. The number of thioether (sulfide) groups is 1. The van der Waals surface area contributed by atoms with Gasteiger partial charge in [-0.2, -0.15) is 0 Å². The van der Waals surface area contributed by atoms with Gasteiger partial charge in [0.2, 0.25) is 0 Å².